The van der Waals surface area contributed by atoms with E-state index in [0.29, 0.717) is 22.9 Å². The van der Waals surface area contributed by atoms with Crippen LogP contribution in [0.25, 0.3) is 11.3 Å². The quantitative estimate of drug-likeness (QED) is 0.681. The lowest BCUT2D eigenvalue weighted by molar-refractivity contribution is -0.117. The molecule has 3 N–H and O–H groups in total. The SMILES string of the molecule is CCC(C)NC(=O)n1nc(-c2ccc(NC(=O)C3CC3)cc2O)cc1C1CCC1. The average Bonchev–Trinajstić information content (AvgIpc) is 3.41. The van der Waals surface area contributed by atoms with Gasteiger partial charge in [0.2, 0.25) is 5.91 Å². The Labute approximate surface area is 170 Å². The van der Waals surface area contributed by atoms with Crippen molar-refractivity contribution in [2.45, 2.75) is 64.3 Å². The molecular weight excluding hydrogens is 368 g/mol. The number of carbonyl (C=O) groups excluding carboxylic acids is 2. The summed E-state index contributed by atoms with van der Waals surface area (Å²) in [7, 11) is 0. The molecule has 2 saturated carbocycles. The van der Waals surface area contributed by atoms with Gasteiger partial charge in [0.25, 0.3) is 0 Å². The summed E-state index contributed by atoms with van der Waals surface area (Å²) in [5, 5.41) is 20.9. The van der Waals surface area contributed by atoms with Gasteiger partial charge >= 0.3 is 6.03 Å². The van der Waals surface area contributed by atoms with Crippen LogP contribution < -0.4 is 10.6 Å². The monoisotopic (exact) mass is 396 g/mol. The normalized spacial score (nSPS) is 17.4. The van der Waals surface area contributed by atoms with Gasteiger partial charge < -0.3 is 15.7 Å². The number of phenolic OH excluding ortho intramolecular Hbond substituents is 1. The number of aromatic hydroxyl groups is 1. The van der Waals surface area contributed by atoms with Crippen molar-refractivity contribution >= 4 is 17.6 Å². The van der Waals surface area contributed by atoms with Gasteiger partial charge in [-0.3, -0.25) is 4.79 Å². The number of hydrogen-bond donors (Lipinski definition) is 3. The molecular formula is C22H28N4O3. The first-order valence-corrected chi connectivity index (χ1v) is 10.5. The predicted octanol–water partition coefficient (Wildman–Crippen LogP) is 4.23. The van der Waals surface area contributed by atoms with E-state index in [1.54, 1.807) is 12.1 Å². The minimum Gasteiger partial charge on any atom is -0.507 e. The van der Waals surface area contributed by atoms with Gasteiger partial charge in [0, 0.05) is 35.2 Å². The van der Waals surface area contributed by atoms with Crippen LogP contribution in [-0.4, -0.2) is 32.9 Å². The number of hydrogen-bond acceptors (Lipinski definition) is 4. The van der Waals surface area contributed by atoms with Crippen LogP contribution in [0.1, 0.15) is 64.0 Å². The molecule has 7 heteroatoms. The maximum atomic E-state index is 12.7. The summed E-state index contributed by atoms with van der Waals surface area (Å²) in [6.45, 7) is 3.99. The first-order valence-electron chi connectivity index (χ1n) is 10.5. The highest BCUT2D eigenvalue weighted by Crippen LogP contribution is 2.39. The molecule has 2 aromatic rings. The minimum atomic E-state index is -0.236. The Bertz CT molecular complexity index is 928. The molecule has 1 aromatic carbocycles. The van der Waals surface area contributed by atoms with E-state index in [0.717, 1.165) is 44.2 Å². The standard InChI is InChI=1S/C22H28N4O3/c1-3-13(2)23-22(29)26-19(14-5-4-6-14)12-18(25-26)17-10-9-16(11-20(17)27)24-21(28)15-7-8-15/h9-15,27H,3-8H2,1-2H3,(H,23,29)(H,24,28). The van der Waals surface area contributed by atoms with Crippen LogP contribution in [0.5, 0.6) is 5.75 Å². The van der Waals surface area contributed by atoms with E-state index in [2.05, 4.69) is 15.7 Å². The second kappa shape index (κ2) is 7.89. The molecule has 2 aliphatic rings. The van der Waals surface area contributed by atoms with E-state index < -0.39 is 0 Å². The van der Waals surface area contributed by atoms with Crippen molar-refractivity contribution in [2.75, 3.05) is 5.32 Å². The smallest absolute Gasteiger partial charge is 0.342 e. The summed E-state index contributed by atoms with van der Waals surface area (Å²) in [4.78, 5) is 24.7. The number of nitrogens with zero attached hydrogens (tertiary/aromatic N) is 2. The molecule has 7 nitrogen and oxygen atoms in total. The number of rotatable bonds is 6. The van der Waals surface area contributed by atoms with Gasteiger partial charge in [-0.1, -0.05) is 13.3 Å². The Morgan fingerprint density at radius 1 is 1.24 bits per heavy atom. The summed E-state index contributed by atoms with van der Waals surface area (Å²) in [6.07, 6.45) is 5.93. The van der Waals surface area contributed by atoms with Crippen LogP contribution in [-0.2, 0) is 4.79 Å². The molecule has 1 unspecified atom stereocenters. The van der Waals surface area contributed by atoms with Gasteiger partial charge in [0.1, 0.15) is 5.75 Å². The molecule has 2 aliphatic carbocycles. The summed E-state index contributed by atoms with van der Waals surface area (Å²) in [5.74, 6) is 0.445. The average molecular weight is 396 g/mol. The first-order chi connectivity index (χ1) is 14.0. The Balaban J connectivity index is 1.60. The molecule has 0 saturated heterocycles. The largest absolute Gasteiger partial charge is 0.507 e. The minimum absolute atomic E-state index is 0.00425. The van der Waals surface area contributed by atoms with Gasteiger partial charge in [-0.15, -0.1) is 0 Å². The first kappa shape index (κ1) is 19.5. The number of benzene rings is 1. The number of carbonyl (C=O) groups is 2. The Hall–Kier alpha value is -2.83. The zero-order valence-electron chi connectivity index (χ0n) is 16.9. The highest BCUT2D eigenvalue weighted by Gasteiger charge is 2.30. The second-order valence-corrected chi connectivity index (χ2v) is 8.25. The molecule has 4 rings (SSSR count). The summed E-state index contributed by atoms with van der Waals surface area (Å²) in [5.41, 5.74) is 2.56. The van der Waals surface area contributed by atoms with Crippen molar-refractivity contribution in [3.63, 3.8) is 0 Å². The van der Waals surface area contributed by atoms with Crippen molar-refractivity contribution in [3.05, 3.63) is 30.0 Å². The van der Waals surface area contributed by atoms with Crippen molar-refractivity contribution in [2.24, 2.45) is 5.92 Å². The molecule has 0 radical (unpaired) electrons. The van der Waals surface area contributed by atoms with Gasteiger partial charge in [-0.05, 0) is 57.2 Å². The molecule has 29 heavy (non-hydrogen) atoms. The molecule has 1 aromatic heterocycles. The molecule has 1 heterocycles. The third-order valence-corrected chi connectivity index (χ3v) is 5.92. The van der Waals surface area contributed by atoms with Gasteiger partial charge in [-0.25, -0.2) is 4.79 Å². The Morgan fingerprint density at radius 2 is 2.00 bits per heavy atom. The molecule has 154 valence electrons. The van der Waals surface area contributed by atoms with Crippen molar-refractivity contribution in [3.8, 4) is 17.0 Å². The fraction of sp³-hybridized carbons (Fsp3) is 0.500. The number of phenols is 1. The molecule has 1 atom stereocenters. The fourth-order valence-corrected chi connectivity index (χ4v) is 3.47. The Morgan fingerprint density at radius 3 is 2.59 bits per heavy atom. The molecule has 0 aliphatic heterocycles. The lowest BCUT2D eigenvalue weighted by Crippen LogP contribution is -2.37. The lowest BCUT2D eigenvalue weighted by Gasteiger charge is -2.25. The zero-order valence-corrected chi connectivity index (χ0v) is 16.9. The van der Waals surface area contributed by atoms with Crippen LogP contribution in [0.15, 0.2) is 24.3 Å². The van der Waals surface area contributed by atoms with E-state index in [1.807, 2.05) is 19.9 Å². The van der Waals surface area contributed by atoms with Gasteiger partial charge in [0.15, 0.2) is 0 Å². The van der Waals surface area contributed by atoms with Crippen LogP contribution in [0.4, 0.5) is 10.5 Å². The van der Waals surface area contributed by atoms with Crippen molar-refractivity contribution in [1.82, 2.24) is 15.1 Å². The highest BCUT2D eigenvalue weighted by molar-refractivity contribution is 5.94. The summed E-state index contributed by atoms with van der Waals surface area (Å²) in [6, 6.07) is 6.76. The number of nitrogens with one attached hydrogen (secondary N) is 2. The van der Waals surface area contributed by atoms with Crippen molar-refractivity contribution < 1.29 is 14.7 Å². The fourth-order valence-electron chi connectivity index (χ4n) is 3.47. The van der Waals surface area contributed by atoms with E-state index in [9.17, 15) is 14.7 Å². The molecule has 2 amide bonds. The lowest BCUT2D eigenvalue weighted by atomic mass is 9.82. The van der Waals surface area contributed by atoms with Gasteiger partial charge in [-0.2, -0.15) is 9.78 Å². The Kier molecular flexibility index (Phi) is 5.30. The topological polar surface area (TPSA) is 96.3 Å². The summed E-state index contributed by atoms with van der Waals surface area (Å²) >= 11 is 0. The highest BCUT2D eigenvalue weighted by atomic mass is 16.3. The number of aromatic nitrogens is 2. The second-order valence-electron chi connectivity index (χ2n) is 8.25. The molecule has 0 bridgehead atoms. The third-order valence-electron chi connectivity index (χ3n) is 5.92. The van der Waals surface area contributed by atoms with E-state index in [-0.39, 0.29) is 29.6 Å². The zero-order chi connectivity index (χ0) is 20.5. The van der Waals surface area contributed by atoms with Crippen LogP contribution >= 0.6 is 0 Å². The van der Waals surface area contributed by atoms with Crippen molar-refractivity contribution in [1.29, 1.82) is 0 Å². The van der Waals surface area contributed by atoms with Crippen LogP contribution in [0.2, 0.25) is 0 Å². The summed E-state index contributed by atoms with van der Waals surface area (Å²) < 4.78 is 1.45. The maximum absolute atomic E-state index is 12.7. The van der Waals surface area contributed by atoms with Crippen LogP contribution in [0.3, 0.4) is 0 Å². The number of anilines is 1. The molecule has 0 spiro atoms. The number of amides is 2. The van der Waals surface area contributed by atoms with Crippen LogP contribution in [0, 0.1) is 5.92 Å². The maximum Gasteiger partial charge on any atom is 0.342 e. The molecule has 2 fully saturated rings. The van der Waals surface area contributed by atoms with E-state index >= 15 is 0 Å². The predicted molar refractivity (Wildman–Crippen MR) is 111 cm³/mol. The third kappa shape index (κ3) is 4.13. The van der Waals surface area contributed by atoms with E-state index in [4.69, 9.17) is 0 Å². The van der Waals surface area contributed by atoms with E-state index in [1.165, 1.54) is 10.7 Å². The van der Waals surface area contributed by atoms with Gasteiger partial charge in [0.05, 0.1) is 11.4 Å².